The first-order valence-corrected chi connectivity index (χ1v) is 33.2. The fourth-order valence-electron chi connectivity index (χ4n) is 12.0. The number of benzene rings is 12. The van der Waals surface area contributed by atoms with E-state index in [-0.39, 0.29) is 77.1 Å². The number of carboxylic acids is 1. The van der Waals surface area contributed by atoms with Crippen LogP contribution < -0.4 is 22.9 Å². The number of amides is 4. The lowest BCUT2D eigenvalue weighted by molar-refractivity contribution is -0.118. The van der Waals surface area contributed by atoms with Crippen molar-refractivity contribution in [3.63, 3.8) is 0 Å². The number of carboxylic acid groups (broad SMARTS) is 1. The summed E-state index contributed by atoms with van der Waals surface area (Å²) in [6, 6.07) is 78.6. The van der Waals surface area contributed by atoms with Crippen molar-refractivity contribution in [2.45, 2.75) is 65.2 Å². The van der Waals surface area contributed by atoms with Gasteiger partial charge >= 0.3 is 5.97 Å². The molecule has 0 aromatic heterocycles. The zero-order valence-corrected chi connectivity index (χ0v) is 56.9. The van der Waals surface area contributed by atoms with Crippen molar-refractivity contribution >= 4 is 29.6 Å². The lowest BCUT2D eigenvalue weighted by Gasteiger charge is -2.13. The topological polar surface area (TPSA) is 311 Å². The highest BCUT2D eigenvalue weighted by molar-refractivity contribution is 5.90. The number of carbonyl (C=O) groups excluding carboxylic acids is 4. The number of nitrogens with two attached hydrogens (primary N) is 4. The van der Waals surface area contributed by atoms with Gasteiger partial charge in [0.25, 0.3) is 0 Å². The molecule has 0 heterocycles. The van der Waals surface area contributed by atoms with Crippen molar-refractivity contribution in [2.24, 2.45) is 22.9 Å². The molecule has 520 valence electrons. The first-order valence-electron chi connectivity index (χ1n) is 33.2. The van der Waals surface area contributed by atoms with E-state index < -0.39 is 11.9 Å². The minimum Gasteiger partial charge on any atom is -0.508 e. The van der Waals surface area contributed by atoms with Gasteiger partial charge in [-0.1, -0.05) is 181 Å². The molecule has 16 heteroatoms. The molecule has 15 nitrogen and oxygen atoms in total. The number of aryl methyl sites for hydroxylation is 6. The summed E-state index contributed by atoms with van der Waals surface area (Å²) in [4.78, 5) is 56.2. The van der Waals surface area contributed by atoms with Gasteiger partial charge in [0, 0.05) is 25.7 Å². The van der Waals surface area contributed by atoms with E-state index in [4.69, 9.17) is 22.9 Å². The van der Waals surface area contributed by atoms with Gasteiger partial charge in [-0.2, -0.15) is 0 Å². The van der Waals surface area contributed by atoms with Crippen molar-refractivity contribution in [1.82, 2.24) is 0 Å². The molecule has 12 aromatic rings. The third-order valence-corrected chi connectivity index (χ3v) is 17.0. The summed E-state index contributed by atoms with van der Waals surface area (Å²) in [6.07, 6.45) is 2.96. The quantitative estimate of drug-likeness (QED) is 0.0322. The molecule has 0 fully saturated rings. The SMILES string of the molecule is Cc1cc(F)cc(-c2ccc(-c3cccc(O)c3)c(CCC(N)=O)c2)c1.Cc1cccc(-c2ccc(-c3cccc(O)c3)c(CCC(N)=O)c2)c1.NC(=O)CCc1cc(-c2cccc(C(=O)O)c2)ccc1-c1cccc(O)c1.NC(=O)CCc1cc(-c2cccc(O)c2)ccc1-c1cccc(O)c1. The lowest BCUT2D eigenvalue weighted by Crippen LogP contribution is -2.11. The van der Waals surface area contributed by atoms with Crippen LogP contribution in [0.4, 0.5) is 4.39 Å². The second-order valence-electron chi connectivity index (χ2n) is 24.9. The Labute approximate surface area is 597 Å². The first-order chi connectivity index (χ1) is 49.4. The van der Waals surface area contributed by atoms with Gasteiger partial charge in [-0.3, -0.25) is 19.2 Å². The minimum atomic E-state index is -0.984. The van der Waals surface area contributed by atoms with Gasteiger partial charge in [0.15, 0.2) is 0 Å². The summed E-state index contributed by atoms with van der Waals surface area (Å²) >= 11 is 0. The summed E-state index contributed by atoms with van der Waals surface area (Å²) in [5.41, 5.74) is 42.0. The molecule has 0 saturated heterocycles. The predicted octanol–water partition coefficient (Wildman–Crippen LogP) is 16.7. The van der Waals surface area contributed by atoms with Crippen LogP contribution in [0.2, 0.25) is 0 Å². The van der Waals surface area contributed by atoms with Crippen molar-refractivity contribution in [1.29, 1.82) is 0 Å². The molecule has 0 saturated carbocycles. The zero-order valence-electron chi connectivity index (χ0n) is 56.9. The summed E-state index contributed by atoms with van der Waals surface area (Å²) in [5, 5.41) is 57.9. The van der Waals surface area contributed by atoms with Gasteiger partial charge in [-0.25, -0.2) is 9.18 Å². The van der Waals surface area contributed by atoms with Gasteiger partial charge in [-0.15, -0.1) is 0 Å². The maximum absolute atomic E-state index is 13.8. The number of rotatable bonds is 21. The Morgan fingerprint density at radius 3 is 0.845 bits per heavy atom. The Bertz CT molecular complexity index is 4900. The number of phenols is 5. The van der Waals surface area contributed by atoms with Gasteiger partial charge in [0.1, 0.15) is 34.6 Å². The molecule has 12 rings (SSSR count). The van der Waals surface area contributed by atoms with Crippen molar-refractivity contribution in [2.75, 3.05) is 0 Å². The number of aromatic hydroxyl groups is 5. The fraction of sp³-hybridized carbons (Fsp3) is 0.115. The Morgan fingerprint density at radius 2 is 0.544 bits per heavy atom. The van der Waals surface area contributed by atoms with E-state index >= 15 is 0 Å². The number of phenolic OH excluding ortho intramolecular Hbond substituents is 5. The molecule has 0 aliphatic rings. The summed E-state index contributed by atoms with van der Waals surface area (Å²) in [7, 11) is 0. The first kappa shape index (κ1) is 74.2. The largest absolute Gasteiger partial charge is 0.508 e. The number of primary amides is 4. The van der Waals surface area contributed by atoms with Crippen LogP contribution in [0.15, 0.2) is 261 Å². The van der Waals surface area contributed by atoms with Crippen LogP contribution in [0.5, 0.6) is 28.7 Å². The summed E-state index contributed by atoms with van der Waals surface area (Å²) in [5.74, 6) is -1.76. The van der Waals surface area contributed by atoms with Crippen LogP contribution in [-0.4, -0.2) is 60.2 Å². The van der Waals surface area contributed by atoms with Crippen LogP contribution >= 0.6 is 0 Å². The normalized spacial score (nSPS) is 10.6. The molecule has 0 spiro atoms. The molecule has 12 aromatic carbocycles. The van der Waals surface area contributed by atoms with Crippen molar-refractivity contribution < 1.29 is 59.0 Å². The molecule has 0 unspecified atom stereocenters. The van der Waals surface area contributed by atoms with Gasteiger partial charge in [0.05, 0.1) is 5.56 Å². The Hall–Kier alpha value is -13.1. The van der Waals surface area contributed by atoms with Crippen LogP contribution in [0.25, 0.3) is 89.0 Å². The molecule has 0 aliphatic heterocycles. The lowest BCUT2D eigenvalue weighted by atomic mass is 9.92. The third-order valence-electron chi connectivity index (χ3n) is 17.0. The molecule has 4 amide bonds. The zero-order chi connectivity index (χ0) is 73.7. The Balaban J connectivity index is 0.000000160. The third kappa shape index (κ3) is 21.5. The monoisotopic (exact) mass is 1370 g/mol. The van der Waals surface area contributed by atoms with Gasteiger partial charge in [0.2, 0.25) is 23.6 Å². The van der Waals surface area contributed by atoms with Gasteiger partial charge in [-0.05, 0) is 241 Å². The van der Waals surface area contributed by atoms with Crippen molar-refractivity contribution in [3.8, 4) is 118 Å². The summed E-state index contributed by atoms with van der Waals surface area (Å²) in [6.45, 7) is 3.92. The number of carbonyl (C=O) groups is 5. The highest BCUT2D eigenvalue weighted by atomic mass is 19.1. The van der Waals surface area contributed by atoms with E-state index in [0.717, 1.165) is 117 Å². The number of hydrogen-bond acceptors (Lipinski definition) is 10. The number of aromatic carboxylic acids is 1. The second kappa shape index (κ2) is 35.1. The molecular weight excluding hydrogens is 1300 g/mol. The molecule has 103 heavy (non-hydrogen) atoms. The van der Waals surface area contributed by atoms with E-state index in [1.54, 1.807) is 103 Å². The predicted molar refractivity (Wildman–Crippen MR) is 404 cm³/mol. The molecule has 0 atom stereocenters. The van der Waals surface area contributed by atoms with E-state index in [2.05, 4.69) is 37.3 Å². The number of hydrogen-bond donors (Lipinski definition) is 10. The summed E-state index contributed by atoms with van der Waals surface area (Å²) < 4.78 is 13.8. The van der Waals surface area contributed by atoms with E-state index in [9.17, 15) is 59.0 Å². The average molecular weight is 1380 g/mol. The Morgan fingerprint density at radius 1 is 0.282 bits per heavy atom. The maximum atomic E-state index is 13.8. The average Bonchev–Trinajstić information content (AvgIpc) is 0.831. The smallest absolute Gasteiger partial charge is 0.335 e. The maximum Gasteiger partial charge on any atom is 0.335 e. The molecule has 14 N–H and O–H groups in total. The fourth-order valence-corrected chi connectivity index (χ4v) is 12.0. The van der Waals surface area contributed by atoms with Crippen LogP contribution in [-0.2, 0) is 44.9 Å². The Kier molecular flexibility index (Phi) is 25.3. The van der Waals surface area contributed by atoms with Crippen LogP contribution in [0.1, 0.15) is 69.4 Å². The van der Waals surface area contributed by atoms with Crippen molar-refractivity contribution in [3.05, 3.63) is 306 Å². The highest BCUT2D eigenvalue weighted by Gasteiger charge is 2.16. The molecule has 0 bridgehead atoms. The van der Waals surface area contributed by atoms with Gasteiger partial charge < -0.3 is 53.6 Å². The van der Waals surface area contributed by atoms with E-state index in [0.29, 0.717) is 32.1 Å². The van der Waals surface area contributed by atoms with E-state index in [1.165, 1.54) is 17.7 Å². The molecular formula is C87H79FN4O11. The number of halogens is 1. The second-order valence-corrected chi connectivity index (χ2v) is 24.9. The molecule has 0 radical (unpaired) electrons. The van der Waals surface area contributed by atoms with Crippen LogP contribution in [0.3, 0.4) is 0 Å². The minimum absolute atomic E-state index is 0.159. The molecule has 0 aliphatic carbocycles. The highest BCUT2D eigenvalue weighted by Crippen LogP contribution is 2.37. The van der Waals surface area contributed by atoms with E-state index in [1.807, 2.05) is 122 Å². The standard InChI is InChI=1S/C22H20FNO2.C22H19NO4.C22H21NO2.C21H19NO3/c1-14-9-18(12-19(23)10-14)15-5-7-21(16-3-2-4-20(25)13-16)17(11-15)6-8-22(24)26;23-21(25)10-8-17-11-15(14-3-1-5-18(12-14)22(26)27)7-9-20(17)16-4-2-6-19(24)13-16;1-15-4-2-5-16(12-15)17-8-10-21(18-6-3-7-20(24)14-18)19(13-17)9-11-22(23)25;22-21(25)10-8-17-11-15(14-3-1-5-18(23)12-14)7-9-20(17)16-4-2-6-19(24)13-16/h2-5,7,9-13,25H,6,8H2,1H3,(H2,24,26);1-7,9,11-13,24H,8,10H2,(H2,23,25)(H,26,27);2-8,10,12-14,24H,9,11H2,1H3,(H2,23,25);1-7,9,11-13,23-24H,8,10H2,(H2,22,25). The van der Waals surface area contributed by atoms with Crippen LogP contribution in [0, 0.1) is 19.7 Å².